The van der Waals surface area contributed by atoms with Gasteiger partial charge < -0.3 is 9.73 Å². The standard InChI is InChI=1S/C23H22BrN3O4S/c24-15-4-6-17-18-13-16(5-7-19(18)31-20(17)12-15)32(29,30)27-23(8-2-1-3-9-23)21(28)26-22(14-25)10-11-22/h4-7,12-13,27H,1-3,8-11H2,(H,26,28). The third kappa shape index (κ3) is 3.70. The van der Waals surface area contributed by atoms with Gasteiger partial charge >= 0.3 is 0 Å². The molecular formula is C23H22BrN3O4S. The van der Waals surface area contributed by atoms with Crippen molar-refractivity contribution >= 4 is 53.8 Å². The molecule has 0 bridgehead atoms. The molecule has 0 spiro atoms. The maximum absolute atomic E-state index is 13.4. The topological polar surface area (TPSA) is 112 Å². The van der Waals surface area contributed by atoms with Crippen LogP contribution in [0.1, 0.15) is 44.9 Å². The van der Waals surface area contributed by atoms with Gasteiger partial charge in [0.2, 0.25) is 15.9 Å². The van der Waals surface area contributed by atoms with Crippen molar-refractivity contribution in [3.05, 3.63) is 40.9 Å². The Hall–Kier alpha value is -2.41. The van der Waals surface area contributed by atoms with Crippen LogP contribution in [0, 0.1) is 11.3 Å². The lowest BCUT2D eigenvalue weighted by molar-refractivity contribution is -0.128. The van der Waals surface area contributed by atoms with E-state index in [0.29, 0.717) is 42.2 Å². The van der Waals surface area contributed by atoms with E-state index in [4.69, 9.17) is 4.42 Å². The van der Waals surface area contributed by atoms with Gasteiger partial charge in [0.05, 0.1) is 11.0 Å². The summed E-state index contributed by atoms with van der Waals surface area (Å²) in [5.41, 5.74) is -0.851. The summed E-state index contributed by atoms with van der Waals surface area (Å²) in [6.07, 6.45) is 4.44. The first-order valence-corrected chi connectivity index (χ1v) is 12.9. The molecule has 0 aliphatic heterocycles. The average Bonchev–Trinajstić information content (AvgIpc) is 3.45. The number of nitrogens with zero attached hydrogens (tertiary/aromatic N) is 1. The van der Waals surface area contributed by atoms with E-state index in [1.807, 2.05) is 18.2 Å². The second-order valence-corrected chi connectivity index (χ2v) is 11.4. The predicted molar refractivity (Wildman–Crippen MR) is 123 cm³/mol. The fraction of sp³-hybridized carbons (Fsp3) is 0.391. The van der Waals surface area contributed by atoms with Gasteiger partial charge in [0, 0.05) is 15.2 Å². The molecule has 2 fully saturated rings. The Bertz CT molecular complexity index is 1380. The SMILES string of the molecule is N#CC1(NC(=O)C2(NS(=O)(=O)c3ccc4oc5cc(Br)ccc5c4c3)CCCCC2)CC1. The molecule has 1 heterocycles. The Balaban J connectivity index is 1.51. The van der Waals surface area contributed by atoms with Crippen molar-refractivity contribution in [2.24, 2.45) is 0 Å². The number of sulfonamides is 1. The van der Waals surface area contributed by atoms with Gasteiger partial charge in [0.25, 0.3) is 0 Å². The molecular weight excluding hydrogens is 494 g/mol. The highest BCUT2D eigenvalue weighted by Gasteiger charge is 2.50. The summed E-state index contributed by atoms with van der Waals surface area (Å²) in [4.78, 5) is 13.3. The second-order valence-electron chi connectivity index (χ2n) is 8.80. The minimum absolute atomic E-state index is 0.0785. The number of fused-ring (bicyclic) bond motifs is 3. The number of carbonyl (C=O) groups excluding carboxylic acids is 1. The number of furan rings is 1. The minimum Gasteiger partial charge on any atom is -0.456 e. The highest BCUT2D eigenvalue weighted by molar-refractivity contribution is 9.10. The number of rotatable bonds is 5. The van der Waals surface area contributed by atoms with E-state index in [2.05, 4.69) is 32.0 Å². The fourth-order valence-electron chi connectivity index (χ4n) is 4.47. The zero-order chi connectivity index (χ0) is 22.6. The number of benzene rings is 2. The zero-order valence-electron chi connectivity index (χ0n) is 17.3. The first-order chi connectivity index (χ1) is 15.3. The second kappa shape index (κ2) is 7.58. The van der Waals surface area contributed by atoms with E-state index < -0.39 is 27.0 Å². The van der Waals surface area contributed by atoms with E-state index in [0.717, 1.165) is 29.1 Å². The van der Waals surface area contributed by atoms with Gasteiger partial charge in [0.15, 0.2) is 0 Å². The molecule has 166 valence electrons. The zero-order valence-corrected chi connectivity index (χ0v) is 19.7. The van der Waals surface area contributed by atoms with Crippen molar-refractivity contribution < 1.29 is 17.6 Å². The molecule has 32 heavy (non-hydrogen) atoms. The van der Waals surface area contributed by atoms with Gasteiger partial charge in [-0.25, -0.2) is 8.42 Å². The highest BCUT2D eigenvalue weighted by atomic mass is 79.9. The number of carbonyl (C=O) groups is 1. The Morgan fingerprint density at radius 3 is 2.44 bits per heavy atom. The molecule has 0 unspecified atom stereocenters. The van der Waals surface area contributed by atoms with Crippen molar-refractivity contribution in [1.82, 2.24) is 10.0 Å². The fourth-order valence-corrected chi connectivity index (χ4v) is 6.26. The maximum Gasteiger partial charge on any atom is 0.242 e. The van der Waals surface area contributed by atoms with Crippen LogP contribution in [0.15, 0.2) is 50.2 Å². The van der Waals surface area contributed by atoms with E-state index in [1.54, 1.807) is 12.1 Å². The molecule has 3 aromatic rings. The number of nitrogens with one attached hydrogen (secondary N) is 2. The van der Waals surface area contributed by atoms with Crippen LogP contribution in [0.2, 0.25) is 0 Å². The van der Waals surface area contributed by atoms with Gasteiger partial charge in [-0.3, -0.25) is 4.79 Å². The van der Waals surface area contributed by atoms with Crippen molar-refractivity contribution in [2.75, 3.05) is 0 Å². The monoisotopic (exact) mass is 515 g/mol. The summed E-state index contributed by atoms with van der Waals surface area (Å²) in [7, 11) is -4.00. The molecule has 0 saturated heterocycles. The molecule has 2 saturated carbocycles. The normalized spacial score (nSPS) is 19.5. The van der Waals surface area contributed by atoms with Crippen molar-refractivity contribution in [3.63, 3.8) is 0 Å². The quantitative estimate of drug-likeness (QED) is 0.519. The first kappa shape index (κ1) is 21.4. The van der Waals surface area contributed by atoms with Crippen molar-refractivity contribution in [3.8, 4) is 6.07 Å². The summed E-state index contributed by atoms with van der Waals surface area (Å²) in [5, 5.41) is 13.7. The molecule has 2 aromatic carbocycles. The van der Waals surface area contributed by atoms with E-state index >= 15 is 0 Å². The van der Waals surface area contributed by atoms with Gasteiger partial charge in [0.1, 0.15) is 22.2 Å². The molecule has 0 atom stereocenters. The highest BCUT2D eigenvalue weighted by Crippen LogP contribution is 2.38. The van der Waals surface area contributed by atoms with Crippen LogP contribution >= 0.6 is 15.9 Å². The van der Waals surface area contributed by atoms with Crippen LogP contribution in [0.3, 0.4) is 0 Å². The van der Waals surface area contributed by atoms with E-state index in [9.17, 15) is 18.5 Å². The van der Waals surface area contributed by atoms with Crippen LogP contribution in [-0.2, 0) is 14.8 Å². The molecule has 1 amide bonds. The van der Waals surface area contributed by atoms with E-state index in [1.165, 1.54) is 6.07 Å². The minimum atomic E-state index is -4.00. The maximum atomic E-state index is 13.4. The Labute approximate surface area is 194 Å². The average molecular weight is 516 g/mol. The summed E-state index contributed by atoms with van der Waals surface area (Å²) in [6.45, 7) is 0. The van der Waals surface area contributed by atoms with Crippen molar-refractivity contribution in [2.45, 2.75) is 60.9 Å². The predicted octanol–water partition coefficient (Wildman–Crippen LogP) is 4.50. The van der Waals surface area contributed by atoms with Crippen LogP contribution in [-0.4, -0.2) is 25.4 Å². The van der Waals surface area contributed by atoms with Crippen molar-refractivity contribution in [1.29, 1.82) is 5.26 Å². The molecule has 2 N–H and O–H groups in total. The van der Waals surface area contributed by atoms with Gasteiger partial charge in [-0.15, -0.1) is 0 Å². The lowest BCUT2D eigenvalue weighted by atomic mass is 9.81. The summed E-state index contributed by atoms with van der Waals surface area (Å²) in [6, 6.07) is 12.5. The first-order valence-electron chi connectivity index (χ1n) is 10.7. The molecule has 5 rings (SSSR count). The Morgan fingerprint density at radius 2 is 1.75 bits per heavy atom. The third-order valence-corrected chi connectivity index (χ3v) is 8.53. The summed E-state index contributed by atoms with van der Waals surface area (Å²) >= 11 is 3.42. The third-order valence-electron chi connectivity index (χ3n) is 6.50. The van der Waals surface area contributed by atoms with Gasteiger partial charge in [-0.05, 0) is 62.1 Å². The van der Waals surface area contributed by atoms with Gasteiger partial charge in [-0.2, -0.15) is 9.98 Å². The largest absolute Gasteiger partial charge is 0.456 e. The Morgan fingerprint density at radius 1 is 1.00 bits per heavy atom. The molecule has 2 aliphatic rings. The van der Waals surface area contributed by atoms with Crippen LogP contribution in [0.25, 0.3) is 21.9 Å². The summed E-state index contributed by atoms with van der Waals surface area (Å²) in [5.74, 6) is -0.403. The molecule has 1 aromatic heterocycles. The van der Waals surface area contributed by atoms with Crippen LogP contribution in [0.4, 0.5) is 0 Å². The summed E-state index contributed by atoms with van der Waals surface area (Å²) < 4.78 is 36.3. The molecule has 7 nitrogen and oxygen atoms in total. The Kier molecular flexibility index (Phi) is 5.08. The molecule has 9 heteroatoms. The number of hydrogen-bond acceptors (Lipinski definition) is 5. The van der Waals surface area contributed by atoms with Gasteiger partial charge in [-0.1, -0.05) is 35.2 Å². The van der Waals surface area contributed by atoms with E-state index in [-0.39, 0.29) is 4.90 Å². The number of amides is 1. The lowest BCUT2D eigenvalue weighted by Gasteiger charge is -2.36. The molecule has 2 aliphatic carbocycles. The number of hydrogen-bond donors (Lipinski definition) is 2. The van der Waals surface area contributed by atoms with Crippen LogP contribution < -0.4 is 10.0 Å². The van der Waals surface area contributed by atoms with Crippen LogP contribution in [0.5, 0.6) is 0 Å². The lowest BCUT2D eigenvalue weighted by Crippen LogP contribution is -2.61. The molecule has 0 radical (unpaired) electrons. The smallest absolute Gasteiger partial charge is 0.242 e. The number of nitriles is 1. The number of halogens is 1.